The number of nitro benzene ring substituents is 1. The molecule has 0 radical (unpaired) electrons. The number of nitrogens with one attached hydrogen (secondary N) is 1. The number of sulfonamides is 1. The second kappa shape index (κ2) is 9.30. The Morgan fingerprint density at radius 1 is 1.15 bits per heavy atom. The summed E-state index contributed by atoms with van der Waals surface area (Å²) in [6, 6.07) is 11.5. The van der Waals surface area contributed by atoms with Gasteiger partial charge in [-0.15, -0.1) is 0 Å². The van der Waals surface area contributed by atoms with Gasteiger partial charge in [0.15, 0.2) is 0 Å². The fourth-order valence-electron chi connectivity index (χ4n) is 4.56. The molecule has 9 heteroatoms. The number of nitrogens with zero attached hydrogens (tertiary/aromatic N) is 2. The van der Waals surface area contributed by atoms with Crippen LogP contribution < -0.4 is 9.62 Å². The first-order valence-corrected chi connectivity index (χ1v) is 12.9. The summed E-state index contributed by atoms with van der Waals surface area (Å²) < 4.78 is 33.9. The van der Waals surface area contributed by atoms with Crippen LogP contribution >= 0.6 is 0 Å². The van der Waals surface area contributed by atoms with Gasteiger partial charge in [-0.2, -0.15) is 0 Å². The number of hydrogen-bond donors (Lipinski definition) is 1. The minimum Gasteiger partial charge on any atom is -0.381 e. The number of rotatable bonds is 10. The van der Waals surface area contributed by atoms with Gasteiger partial charge in [-0.3, -0.25) is 14.4 Å². The molecule has 1 unspecified atom stereocenters. The Bertz CT molecular complexity index is 1110. The third-order valence-electron chi connectivity index (χ3n) is 6.58. The van der Waals surface area contributed by atoms with Gasteiger partial charge in [0, 0.05) is 19.2 Å². The molecule has 2 aromatic rings. The number of ether oxygens (including phenoxy) is 1. The van der Waals surface area contributed by atoms with E-state index in [1.54, 1.807) is 12.1 Å². The fraction of sp³-hybridized carbons (Fsp3) is 0.500. The number of hydrogen-bond acceptors (Lipinski definition) is 6. The molecule has 0 spiro atoms. The van der Waals surface area contributed by atoms with E-state index >= 15 is 0 Å². The lowest BCUT2D eigenvalue weighted by Crippen LogP contribution is -2.34. The van der Waals surface area contributed by atoms with E-state index in [9.17, 15) is 18.5 Å². The highest BCUT2D eigenvalue weighted by Crippen LogP contribution is 2.50. The summed E-state index contributed by atoms with van der Waals surface area (Å²) in [5.41, 5.74) is 1.77. The van der Waals surface area contributed by atoms with Crippen molar-refractivity contribution in [1.82, 2.24) is 0 Å². The third-order valence-corrected chi connectivity index (χ3v) is 8.37. The van der Waals surface area contributed by atoms with Gasteiger partial charge in [-0.1, -0.05) is 32.9 Å². The first-order valence-electron chi connectivity index (χ1n) is 11.4. The number of aryl methyl sites for hydroxylation is 1. The Morgan fingerprint density at radius 3 is 2.39 bits per heavy atom. The Balaban J connectivity index is 1.61. The zero-order chi connectivity index (χ0) is 23.8. The van der Waals surface area contributed by atoms with Crippen molar-refractivity contribution in [2.24, 2.45) is 23.7 Å². The van der Waals surface area contributed by atoms with Crippen molar-refractivity contribution in [2.45, 2.75) is 32.1 Å². The molecule has 2 aliphatic rings. The average molecular weight is 474 g/mol. The van der Waals surface area contributed by atoms with Crippen LogP contribution in [0.4, 0.5) is 17.1 Å². The second-order valence-corrected chi connectivity index (χ2v) is 11.2. The molecule has 0 amide bonds. The van der Waals surface area contributed by atoms with Crippen LogP contribution in [0.25, 0.3) is 0 Å². The summed E-state index contributed by atoms with van der Waals surface area (Å²) in [6.45, 7) is 8.31. The molecule has 8 nitrogen and oxygen atoms in total. The van der Waals surface area contributed by atoms with E-state index in [-0.39, 0.29) is 23.0 Å². The molecule has 1 saturated heterocycles. The zero-order valence-corrected chi connectivity index (χ0v) is 20.0. The van der Waals surface area contributed by atoms with Crippen molar-refractivity contribution in [3.05, 3.63) is 58.1 Å². The lowest BCUT2D eigenvalue weighted by atomic mass is 10.1. The smallest absolute Gasteiger partial charge is 0.293 e. The Morgan fingerprint density at radius 2 is 1.82 bits per heavy atom. The number of anilines is 2. The van der Waals surface area contributed by atoms with E-state index in [2.05, 4.69) is 5.32 Å². The quantitative estimate of drug-likeness (QED) is 0.407. The van der Waals surface area contributed by atoms with Crippen LogP contribution in [-0.4, -0.2) is 39.6 Å². The van der Waals surface area contributed by atoms with Crippen molar-refractivity contribution >= 4 is 27.1 Å². The number of nitro groups is 1. The van der Waals surface area contributed by atoms with Crippen LogP contribution in [0.3, 0.4) is 0 Å². The van der Waals surface area contributed by atoms with E-state index in [4.69, 9.17) is 4.74 Å². The maximum atomic E-state index is 13.6. The molecule has 1 N–H and O–H groups in total. The fourth-order valence-corrected chi connectivity index (χ4v) is 6.21. The molecular formula is C24H31N3O5S. The van der Waals surface area contributed by atoms with Gasteiger partial charge in [0.1, 0.15) is 5.69 Å². The predicted molar refractivity (Wildman–Crippen MR) is 128 cm³/mol. The van der Waals surface area contributed by atoms with E-state index in [1.807, 2.05) is 32.9 Å². The Labute approximate surface area is 195 Å². The molecule has 1 heterocycles. The zero-order valence-electron chi connectivity index (χ0n) is 19.2. The molecule has 2 fully saturated rings. The minimum absolute atomic E-state index is 0.0727. The second-order valence-electron chi connectivity index (χ2n) is 9.30. The maximum absolute atomic E-state index is 13.6. The highest BCUT2D eigenvalue weighted by molar-refractivity contribution is 7.92. The summed E-state index contributed by atoms with van der Waals surface area (Å²) in [5.74, 6) is 1.58. The first kappa shape index (κ1) is 23.5. The molecule has 0 aromatic heterocycles. The monoisotopic (exact) mass is 473 g/mol. The van der Waals surface area contributed by atoms with Crippen molar-refractivity contribution in [3.63, 3.8) is 0 Å². The summed E-state index contributed by atoms with van der Waals surface area (Å²) >= 11 is 0. The van der Waals surface area contributed by atoms with Crippen molar-refractivity contribution in [2.75, 3.05) is 35.9 Å². The lowest BCUT2D eigenvalue weighted by Gasteiger charge is -2.26. The molecule has 3 atom stereocenters. The van der Waals surface area contributed by atoms with Gasteiger partial charge >= 0.3 is 0 Å². The molecule has 2 aromatic carbocycles. The maximum Gasteiger partial charge on any atom is 0.293 e. The van der Waals surface area contributed by atoms with E-state index < -0.39 is 14.9 Å². The van der Waals surface area contributed by atoms with Gasteiger partial charge < -0.3 is 10.1 Å². The SMILES string of the molecule is CCc1ccc(N(CC(C)C)S(=O)(=O)c2ccc(NCC3[C@H]4COC[C@@H]34)c([N+](=O)[O-])c2)cc1. The minimum atomic E-state index is -3.99. The largest absolute Gasteiger partial charge is 0.381 e. The third kappa shape index (κ3) is 4.84. The van der Waals surface area contributed by atoms with Crippen LogP contribution in [0.15, 0.2) is 47.4 Å². The summed E-state index contributed by atoms with van der Waals surface area (Å²) in [5, 5.41) is 14.9. The lowest BCUT2D eigenvalue weighted by molar-refractivity contribution is -0.384. The number of benzene rings is 2. The standard InChI is InChI=1S/C24H31N3O5S/c1-4-17-5-7-18(8-6-17)26(13-16(2)3)33(30,31)19-9-10-23(24(11-19)27(28)29)25-12-20-21-14-32-15-22(20)21/h5-11,16,20-22,25H,4,12-15H2,1-3H3/t20?,21-,22+. The molecule has 0 bridgehead atoms. The molecule has 1 aliphatic carbocycles. The van der Waals surface area contributed by atoms with Crippen molar-refractivity contribution < 1.29 is 18.1 Å². The summed E-state index contributed by atoms with van der Waals surface area (Å²) in [6.07, 6.45) is 0.854. The van der Waals surface area contributed by atoms with Gasteiger partial charge in [0.05, 0.1) is 28.7 Å². The van der Waals surface area contributed by atoms with Gasteiger partial charge in [-0.25, -0.2) is 8.42 Å². The Hall–Kier alpha value is -2.65. The average Bonchev–Trinajstić information content (AvgIpc) is 3.21. The highest BCUT2D eigenvalue weighted by Gasteiger charge is 2.53. The number of fused-ring (bicyclic) bond motifs is 1. The van der Waals surface area contributed by atoms with Crippen LogP contribution in [0, 0.1) is 33.8 Å². The topological polar surface area (TPSA) is 102 Å². The van der Waals surface area contributed by atoms with Gasteiger partial charge in [-0.05, 0) is 59.9 Å². The summed E-state index contributed by atoms with van der Waals surface area (Å²) in [4.78, 5) is 11.2. The van der Waals surface area contributed by atoms with Crippen LogP contribution in [0.1, 0.15) is 26.3 Å². The van der Waals surface area contributed by atoms with Crippen molar-refractivity contribution in [3.8, 4) is 0 Å². The van der Waals surface area contributed by atoms with Crippen LogP contribution in [-0.2, 0) is 21.2 Å². The summed E-state index contributed by atoms with van der Waals surface area (Å²) in [7, 11) is -3.99. The van der Waals surface area contributed by atoms with E-state index in [1.165, 1.54) is 22.5 Å². The predicted octanol–water partition coefficient (Wildman–Crippen LogP) is 4.31. The Kier molecular flexibility index (Phi) is 6.63. The van der Waals surface area contributed by atoms with E-state index in [0.717, 1.165) is 25.2 Å². The molecule has 1 saturated carbocycles. The molecular weight excluding hydrogens is 442 g/mol. The van der Waals surface area contributed by atoms with Crippen LogP contribution in [0.5, 0.6) is 0 Å². The molecule has 4 rings (SSSR count). The first-order chi connectivity index (χ1) is 15.7. The molecule has 178 valence electrons. The van der Waals surface area contributed by atoms with Crippen LogP contribution in [0.2, 0.25) is 0 Å². The van der Waals surface area contributed by atoms with Gasteiger partial charge in [0.25, 0.3) is 15.7 Å². The molecule has 33 heavy (non-hydrogen) atoms. The molecule has 1 aliphatic heterocycles. The van der Waals surface area contributed by atoms with Gasteiger partial charge in [0.2, 0.25) is 0 Å². The van der Waals surface area contributed by atoms with E-state index in [0.29, 0.717) is 35.7 Å². The van der Waals surface area contributed by atoms with Crippen molar-refractivity contribution in [1.29, 1.82) is 0 Å². The highest BCUT2D eigenvalue weighted by atomic mass is 32.2. The normalized spacial score (nSPS) is 21.6.